The Morgan fingerprint density at radius 2 is 2.33 bits per heavy atom. The van der Waals surface area contributed by atoms with Crippen LogP contribution >= 0.6 is 0 Å². The van der Waals surface area contributed by atoms with E-state index in [9.17, 15) is 4.21 Å². The van der Waals surface area contributed by atoms with Gasteiger partial charge in [-0.05, 0) is 12.1 Å². The van der Waals surface area contributed by atoms with Gasteiger partial charge in [-0.25, -0.2) is 4.21 Å². The van der Waals surface area contributed by atoms with Crippen molar-refractivity contribution in [2.45, 2.75) is 6.92 Å². The van der Waals surface area contributed by atoms with E-state index in [1.54, 1.807) is 18.2 Å². The summed E-state index contributed by atoms with van der Waals surface area (Å²) in [7, 11) is -1.05. The van der Waals surface area contributed by atoms with Crippen LogP contribution in [-0.4, -0.2) is 15.1 Å². The van der Waals surface area contributed by atoms with E-state index in [1.807, 2.05) is 6.92 Å². The lowest BCUT2D eigenvalue weighted by Crippen LogP contribution is -2.05. The largest absolute Gasteiger partial charge is 0.508 e. The number of phenolic OH excluding ortho intramolecular Hbond substituents is 1. The van der Waals surface area contributed by atoms with Gasteiger partial charge in [-0.3, -0.25) is 0 Å². The predicted octanol–water partition coefficient (Wildman–Crippen LogP) is 1.49. The Labute approximate surface area is 74.0 Å². The summed E-state index contributed by atoms with van der Waals surface area (Å²) in [6, 6.07) is 6.56. The molecule has 0 aromatic heterocycles. The fourth-order valence-corrected chi connectivity index (χ4v) is 1.31. The molecular formula is C8H11NO2S. The summed E-state index contributed by atoms with van der Waals surface area (Å²) in [6.45, 7) is 1.83. The first-order chi connectivity index (χ1) is 5.72. The van der Waals surface area contributed by atoms with Crippen molar-refractivity contribution in [2.24, 2.45) is 0 Å². The van der Waals surface area contributed by atoms with Crippen molar-refractivity contribution in [3.05, 3.63) is 24.3 Å². The number of phenols is 1. The molecule has 0 saturated heterocycles. The minimum absolute atomic E-state index is 0.174. The van der Waals surface area contributed by atoms with Crippen molar-refractivity contribution in [2.75, 3.05) is 10.5 Å². The van der Waals surface area contributed by atoms with Gasteiger partial charge >= 0.3 is 0 Å². The quantitative estimate of drug-likeness (QED) is 0.749. The lowest BCUT2D eigenvalue weighted by Gasteiger charge is -2.03. The van der Waals surface area contributed by atoms with E-state index in [-0.39, 0.29) is 5.75 Å². The number of nitrogens with one attached hydrogen (secondary N) is 1. The molecule has 1 aromatic rings. The third-order valence-electron chi connectivity index (χ3n) is 1.34. The molecule has 0 saturated carbocycles. The third kappa shape index (κ3) is 2.54. The Kier molecular flexibility index (Phi) is 3.10. The van der Waals surface area contributed by atoms with Gasteiger partial charge in [0.15, 0.2) is 0 Å². The molecule has 3 nitrogen and oxygen atoms in total. The van der Waals surface area contributed by atoms with Crippen LogP contribution in [-0.2, 0) is 11.0 Å². The second-order valence-electron chi connectivity index (χ2n) is 2.29. The summed E-state index contributed by atoms with van der Waals surface area (Å²) in [5.41, 5.74) is 0.676. The molecule has 0 fully saturated rings. The van der Waals surface area contributed by atoms with Crippen molar-refractivity contribution < 1.29 is 9.32 Å². The molecule has 0 spiro atoms. The number of hydrogen-bond acceptors (Lipinski definition) is 2. The maximum atomic E-state index is 11.0. The molecule has 12 heavy (non-hydrogen) atoms. The molecule has 0 bridgehead atoms. The lowest BCUT2D eigenvalue weighted by molar-refractivity contribution is 0.475. The molecule has 1 aromatic carbocycles. The Balaban J connectivity index is 2.69. The van der Waals surface area contributed by atoms with Gasteiger partial charge in [0.1, 0.15) is 16.7 Å². The van der Waals surface area contributed by atoms with Crippen molar-refractivity contribution in [1.29, 1.82) is 0 Å². The zero-order chi connectivity index (χ0) is 8.97. The van der Waals surface area contributed by atoms with E-state index < -0.39 is 11.0 Å². The topological polar surface area (TPSA) is 49.3 Å². The zero-order valence-corrected chi connectivity index (χ0v) is 7.60. The lowest BCUT2D eigenvalue weighted by atomic mass is 10.3. The van der Waals surface area contributed by atoms with Gasteiger partial charge in [0.05, 0.1) is 0 Å². The fourth-order valence-electron chi connectivity index (χ4n) is 0.773. The van der Waals surface area contributed by atoms with Crippen LogP contribution in [0, 0.1) is 0 Å². The van der Waals surface area contributed by atoms with E-state index in [0.29, 0.717) is 11.4 Å². The summed E-state index contributed by atoms with van der Waals surface area (Å²) < 4.78 is 13.8. The summed E-state index contributed by atoms with van der Waals surface area (Å²) >= 11 is 0. The van der Waals surface area contributed by atoms with E-state index >= 15 is 0 Å². The molecule has 0 amide bonds. The summed E-state index contributed by atoms with van der Waals surface area (Å²) in [5.74, 6) is 0.725. The van der Waals surface area contributed by atoms with Gasteiger partial charge in [0.25, 0.3) is 0 Å². The molecule has 0 aliphatic rings. The molecule has 0 aliphatic heterocycles. The maximum absolute atomic E-state index is 11.0. The van der Waals surface area contributed by atoms with Crippen molar-refractivity contribution in [3.63, 3.8) is 0 Å². The highest BCUT2D eigenvalue weighted by Gasteiger charge is 1.96. The number of aromatic hydroxyl groups is 1. The zero-order valence-electron chi connectivity index (χ0n) is 6.78. The molecule has 1 rings (SSSR count). The highest BCUT2D eigenvalue weighted by Crippen LogP contribution is 2.15. The van der Waals surface area contributed by atoms with Crippen LogP contribution in [0.1, 0.15) is 6.92 Å². The van der Waals surface area contributed by atoms with Crippen LogP contribution in [0.2, 0.25) is 0 Å². The molecule has 66 valence electrons. The minimum atomic E-state index is -1.05. The highest BCUT2D eigenvalue weighted by molar-refractivity contribution is 7.86. The third-order valence-corrected chi connectivity index (χ3v) is 2.33. The van der Waals surface area contributed by atoms with Crippen molar-refractivity contribution in [1.82, 2.24) is 0 Å². The molecule has 1 atom stereocenters. The summed E-state index contributed by atoms with van der Waals surface area (Å²) in [5, 5.41) is 9.06. The summed E-state index contributed by atoms with van der Waals surface area (Å²) in [6.07, 6.45) is 0. The smallest absolute Gasteiger partial charge is 0.117 e. The Morgan fingerprint density at radius 3 is 2.92 bits per heavy atom. The first-order valence-corrected chi connectivity index (χ1v) is 4.98. The van der Waals surface area contributed by atoms with Crippen molar-refractivity contribution in [3.8, 4) is 5.75 Å². The molecule has 1 unspecified atom stereocenters. The van der Waals surface area contributed by atoms with Crippen LogP contribution in [0.3, 0.4) is 0 Å². The first-order valence-electron chi connectivity index (χ1n) is 3.66. The SMILES string of the molecule is CCS(=O)Nc1cccc(O)c1. The second-order valence-corrected chi connectivity index (χ2v) is 3.76. The van der Waals surface area contributed by atoms with Crippen LogP contribution < -0.4 is 4.72 Å². The minimum Gasteiger partial charge on any atom is -0.508 e. The van der Waals surface area contributed by atoms with Crippen LogP contribution in [0.4, 0.5) is 5.69 Å². The van der Waals surface area contributed by atoms with Crippen LogP contribution in [0.15, 0.2) is 24.3 Å². The van der Waals surface area contributed by atoms with Gasteiger partial charge in [0.2, 0.25) is 0 Å². The number of anilines is 1. The Bertz CT molecular complexity index is 288. The monoisotopic (exact) mass is 185 g/mol. The van der Waals surface area contributed by atoms with E-state index in [4.69, 9.17) is 5.11 Å². The molecule has 2 N–H and O–H groups in total. The molecular weight excluding hydrogens is 174 g/mol. The van der Waals surface area contributed by atoms with Gasteiger partial charge in [-0.1, -0.05) is 13.0 Å². The van der Waals surface area contributed by atoms with Crippen molar-refractivity contribution >= 4 is 16.7 Å². The van der Waals surface area contributed by atoms with Gasteiger partial charge < -0.3 is 9.83 Å². The second kappa shape index (κ2) is 4.11. The van der Waals surface area contributed by atoms with Gasteiger partial charge in [0, 0.05) is 17.5 Å². The molecule has 0 aliphatic carbocycles. The average Bonchev–Trinajstić information content (AvgIpc) is 2.04. The van der Waals surface area contributed by atoms with E-state index in [0.717, 1.165) is 0 Å². The van der Waals surface area contributed by atoms with Gasteiger partial charge in [-0.2, -0.15) is 0 Å². The standard InChI is InChI=1S/C8H11NO2S/c1-2-12(11)9-7-4-3-5-8(10)6-7/h3-6,9-10H,2H2,1H3. The van der Waals surface area contributed by atoms with Crippen LogP contribution in [0.5, 0.6) is 5.75 Å². The maximum Gasteiger partial charge on any atom is 0.117 e. The van der Waals surface area contributed by atoms with E-state index in [2.05, 4.69) is 4.72 Å². The normalized spacial score (nSPS) is 12.4. The summed E-state index contributed by atoms with van der Waals surface area (Å²) in [4.78, 5) is 0. The first kappa shape index (κ1) is 9.06. The van der Waals surface area contributed by atoms with E-state index in [1.165, 1.54) is 6.07 Å². The predicted molar refractivity (Wildman–Crippen MR) is 50.4 cm³/mol. The Hall–Kier alpha value is -1.03. The molecule has 4 heteroatoms. The molecule has 0 radical (unpaired) electrons. The number of hydrogen-bond donors (Lipinski definition) is 2. The Morgan fingerprint density at radius 1 is 1.58 bits per heavy atom. The number of rotatable bonds is 3. The van der Waals surface area contributed by atoms with Crippen LogP contribution in [0.25, 0.3) is 0 Å². The van der Waals surface area contributed by atoms with Gasteiger partial charge in [-0.15, -0.1) is 0 Å². The average molecular weight is 185 g/mol. The fraction of sp³-hybridized carbons (Fsp3) is 0.250. The highest BCUT2D eigenvalue weighted by atomic mass is 32.2. The number of benzene rings is 1. The molecule has 0 heterocycles.